The molecule has 0 saturated carbocycles. The summed E-state index contributed by atoms with van der Waals surface area (Å²) in [6.07, 6.45) is 1.64. The molecular weight excluding hydrogens is 308 g/mol. The van der Waals surface area contributed by atoms with Gasteiger partial charge in [-0.15, -0.1) is 0 Å². The van der Waals surface area contributed by atoms with E-state index >= 15 is 0 Å². The number of amides is 1. The Hall–Kier alpha value is -1.72. The van der Waals surface area contributed by atoms with E-state index in [1.807, 2.05) is 18.2 Å². The van der Waals surface area contributed by atoms with Gasteiger partial charge in [-0.05, 0) is 51.3 Å². The maximum atomic E-state index is 12.2. The Morgan fingerprint density at radius 2 is 2.11 bits per heavy atom. The SMILES string of the molecule is O=C(Nc1ncccc1Br)c1ccc2c(c1)COC2. The van der Waals surface area contributed by atoms with Gasteiger partial charge in [-0.1, -0.05) is 6.07 Å². The third-order valence-electron chi connectivity index (χ3n) is 2.97. The summed E-state index contributed by atoms with van der Waals surface area (Å²) < 4.78 is 6.09. The smallest absolute Gasteiger partial charge is 0.256 e. The molecule has 0 fully saturated rings. The van der Waals surface area contributed by atoms with Crippen LogP contribution in [0.4, 0.5) is 5.82 Å². The molecule has 2 heterocycles. The van der Waals surface area contributed by atoms with Crippen LogP contribution in [0.25, 0.3) is 0 Å². The van der Waals surface area contributed by atoms with E-state index in [1.165, 1.54) is 0 Å². The van der Waals surface area contributed by atoms with Gasteiger partial charge in [0.05, 0.1) is 17.7 Å². The van der Waals surface area contributed by atoms with E-state index in [2.05, 4.69) is 26.2 Å². The number of halogens is 1. The first kappa shape index (κ1) is 12.3. The highest BCUT2D eigenvalue weighted by Crippen LogP contribution is 2.22. The van der Waals surface area contributed by atoms with E-state index < -0.39 is 0 Å². The molecule has 5 heteroatoms. The average molecular weight is 319 g/mol. The van der Waals surface area contributed by atoms with Gasteiger partial charge >= 0.3 is 0 Å². The lowest BCUT2D eigenvalue weighted by molar-refractivity contribution is 0.102. The highest BCUT2D eigenvalue weighted by Gasteiger charge is 2.15. The van der Waals surface area contributed by atoms with E-state index in [1.54, 1.807) is 18.3 Å². The minimum absolute atomic E-state index is 0.172. The number of nitrogens with zero attached hydrogens (tertiary/aromatic N) is 1. The summed E-state index contributed by atoms with van der Waals surface area (Å²) in [5, 5.41) is 2.78. The molecule has 1 aliphatic rings. The molecule has 0 spiro atoms. The molecule has 1 aromatic carbocycles. The van der Waals surface area contributed by atoms with E-state index in [4.69, 9.17) is 4.74 Å². The Balaban J connectivity index is 1.83. The van der Waals surface area contributed by atoms with Gasteiger partial charge in [-0.25, -0.2) is 4.98 Å². The van der Waals surface area contributed by atoms with Gasteiger partial charge in [-0.3, -0.25) is 4.79 Å². The molecule has 96 valence electrons. The lowest BCUT2D eigenvalue weighted by Gasteiger charge is -2.07. The zero-order chi connectivity index (χ0) is 13.2. The average Bonchev–Trinajstić information content (AvgIpc) is 2.88. The van der Waals surface area contributed by atoms with E-state index in [9.17, 15) is 4.79 Å². The van der Waals surface area contributed by atoms with E-state index in [-0.39, 0.29) is 5.91 Å². The number of anilines is 1. The molecule has 4 nitrogen and oxygen atoms in total. The zero-order valence-corrected chi connectivity index (χ0v) is 11.6. The summed E-state index contributed by atoms with van der Waals surface area (Å²) in [7, 11) is 0. The molecule has 1 N–H and O–H groups in total. The van der Waals surface area contributed by atoms with E-state index in [0.717, 1.165) is 15.6 Å². The molecule has 1 amide bonds. The van der Waals surface area contributed by atoms with E-state index in [0.29, 0.717) is 24.6 Å². The number of aromatic nitrogens is 1. The Morgan fingerprint density at radius 1 is 1.26 bits per heavy atom. The Morgan fingerprint density at radius 3 is 2.95 bits per heavy atom. The first-order valence-corrected chi connectivity index (χ1v) is 6.65. The number of nitrogens with one attached hydrogen (secondary N) is 1. The minimum atomic E-state index is -0.172. The van der Waals surface area contributed by atoms with Crippen molar-refractivity contribution in [2.24, 2.45) is 0 Å². The molecule has 0 bridgehead atoms. The van der Waals surface area contributed by atoms with Gasteiger partial charge in [0, 0.05) is 11.8 Å². The molecule has 0 radical (unpaired) electrons. The zero-order valence-electron chi connectivity index (χ0n) is 10.0. The van der Waals surface area contributed by atoms with Crippen molar-refractivity contribution in [3.63, 3.8) is 0 Å². The molecule has 0 saturated heterocycles. The van der Waals surface area contributed by atoms with Crippen molar-refractivity contribution in [2.45, 2.75) is 13.2 Å². The largest absolute Gasteiger partial charge is 0.372 e. The van der Waals surface area contributed by atoms with Gasteiger partial charge in [-0.2, -0.15) is 0 Å². The molecule has 3 rings (SSSR count). The molecule has 1 aliphatic heterocycles. The predicted molar refractivity (Wildman–Crippen MR) is 74.8 cm³/mol. The molecule has 19 heavy (non-hydrogen) atoms. The first-order chi connectivity index (χ1) is 9.24. The van der Waals surface area contributed by atoms with Crippen LogP contribution in [-0.2, 0) is 18.0 Å². The van der Waals surface area contributed by atoms with Gasteiger partial charge < -0.3 is 10.1 Å². The number of pyridine rings is 1. The fraction of sp³-hybridized carbons (Fsp3) is 0.143. The van der Waals surface area contributed by atoms with Crippen molar-refractivity contribution < 1.29 is 9.53 Å². The van der Waals surface area contributed by atoms with Crippen molar-refractivity contribution in [3.05, 3.63) is 57.7 Å². The number of carbonyl (C=O) groups excluding carboxylic acids is 1. The maximum Gasteiger partial charge on any atom is 0.256 e. The summed E-state index contributed by atoms with van der Waals surface area (Å²) in [5.41, 5.74) is 2.84. The summed E-state index contributed by atoms with van der Waals surface area (Å²) in [6.45, 7) is 1.20. The Kier molecular flexibility index (Phi) is 3.31. The fourth-order valence-corrected chi connectivity index (χ4v) is 2.32. The van der Waals surface area contributed by atoms with Crippen LogP contribution in [0.3, 0.4) is 0 Å². The lowest BCUT2D eigenvalue weighted by atomic mass is 10.1. The number of carbonyl (C=O) groups is 1. The van der Waals surface area contributed by atoms with Crippen molar-refractivity contribution in [1.82, 2.24) is 4.98 Å². The standard InChI is InChI=1S/C14H11BrN2O2/c15-12-2-1-5-16-13(12)17-14(18)9-3-4-10-7-19-8-11(10)6-9/h1-6H,7-8H2,(H,16,17,18). The summed E-state index contributed by atoms with van der Waals surface area (Å²) >= 11 is 3.35. The number of ether oxygens (including phenoxy) is 1. The number of rotatable bonds is 2. The van der Waals surface area contributed by atoms with Gasteiger partial charge in [0.2, 0.25) is 0 Å². The highest BCUT2D eigenvalue weighted by molar-refractivity contribution is 9.10. The Bertz CT molecular complexity index is 643. The van der Waals surface area contributed by atoms with Gasteiger partial charge in [0.15, 0.2) is 0 Å². The molecule has 2 aromatic rings. The summed E-state index contributed by atoms with van der Waals surface area (Å²) in [5.74, 6) is 0.346. The second-order valence-electron chi connectivity index (χ2n) is 4.26. The number of fused-ring (bicyclic) bond motifs is 1. The van der Waals surface area contributed by atoms with Crippen LogP contribution in [0.5, 0.6) is 0 Å². The van der Waals surface area contributed by atoms with Crippen molar-refractivity contribution in [2.75, 3.05) is 5.32 Å². The minimum Gasteiger partial charge on any atom is -0.372 e. The molecule has 0 unspecified atom stereocenters. The molecule has 0 atom stereocenters. The van der Waals surface area contributed by atoms with Crippen LogP contribution in [0.1, 0.15) is 21.5 Å². The normalized spacial score (nSPS) is 13.1. The topological polar surface area (TPSA) is 51.2 Å². The first-order valence-electron chi connectivity index (χ1n) is 5.85. The molecule has 1 aromatic heterocycles. The second kappa shape index (κ2) is 5.11. The van der Waals surface area contributed by atoms with Crippen LogP contribution in [0.15, 0.2) is 41.0 Å². The third kappa shape index (κ3) is 2.52. The molecule has 0 aliphatic carbocycles. The highest BCUT2D eigenvalue weighted by atomic mass is 79.9. The van der Waals surface area contributed by atoms with Crippen LogP contribution in [-0.4, -0.2) is 10.9 Å². The maximum absolute atomic E-state index is 12.2. The fourth-order valence-electron chi connectivity index (χ4n) is 1.97. The van der Waals surface area contributed by atoms with Crippen molar-refractivity contribution in [3.8, 4) is 0 Å². The summed E-state index contributed by atoms with van der Waals surface area (Å²) in [4.78, 5) is 16.3. The lowest BCUT2D eigenvalue weighted by Crippen LogP contribution is -2.13. The number of hydrogen-bond donors (Lipinski definition) is 1. The van der Waals surface area contributed by atoms with Crippen LogP contribution >= 0.6 is 15.9 Å². The van der Waals surface area contributed by atoms with Gasteiger partial charge in [0.1, 0.15) is 5.82 Å². The third-order valence-corrected chi connectivity index (χ3v) is 3.61. The van der Waals surface area contributed by atoms with Gasteiger partial charge in [0.25, 0.3) is 5.91 Å². The summed E-state index contributed by atoms with van der Waals surface area (Å²) in [6, 6.07) is 9.24. The molecular formula is C14H11BrN2O2. The van der Waals surface area contributed by atoms with Crippen LogP contribution in [0, 0.1) is 0 Å². The van der Waals surface area contributed by atoms with Crippen LogP contribution < -0.4 is 5.32 Å². The monoisotopic (exact) mass is 318 g/mol. The quantitative estimate of drug-likeness (QED) is 0.925. The van der Waals surface area contributed by atoms with Crippen molar-refractivity contribution >= 4 is 27.7 Å². The van der Waals surface area contributed by atoms with Crippen molar-refractivity contribution in [1.29, 1.82) is 0 Å². The van der Waals surface area contributed by atoms with Crippen LogP contribution in [0.2, 0.25) is 0 Å². The number of benzene rings is 1. The second-order valence-corrected chi connectivity index (χ2v) is 5.12. The number of hydrogen-bond acceptors (Lipinski definition) is 3. The predicted octanol–water partition coefficient (Wildman–Crippen LogP) is 3.13. The Labute approximate surface area is 118 Å².